The molecule has 0 aromatic heterocycles. The lowest BCUT2D eigenvalue weighted by Crippen LogP contribution is -2.53. The molecule has 0 spiro atoms. The first-order chi connectivity index (χ1) is 8.81. The molecule has 0 unspecified atom stereocenters. The summed E-state index contributed by atoms with van der Waals surface area (Å²) >= 11 is 0. The van der Waals surface area contributed by atoms with Gasteiger partial charge in [-0.2, -0.15) is 0 Å². The molecule has 1 aromatic rings. The fraction of sp³-hybridized carbons (Fsp3) is 0.600. The summed E-state index contributed by atoms with van der Waals surface area (Å²) in [6.07, 6.45) is 2.71. The maximum Gasteiger partial charge on any atom is 0.0584 e. The average Bonchev–Trinajstić information content (AvgIpc) is 3.17. The molecule has 18 heavy (non-hydrogen) atoms. The van der Waals surface area contributed by atoms with Gasteiger partial charge in [-0.15, -0.1) is 0 Å². The molecule has 1 N–H and O–H groups in total. The molecule has 98 valence electrons. The number of ether oxygens (including phenoxy) is 1. The van der Waals surface area contributed by atoms with Crippen molar-refractivity contribution in [3.63, 3.8) is 0 Å². The van der Waals surface area contributed by atoms with E-state index in [9.17, 15) is 5.11 Å². The van der Waals surface area contributed by atoms with Gasteiger partial charge in [0.25, 0.3) is 0 Å². The number of aliphatic hydroxyl groups is 1. The summed E-state index contributed by atoms with van der Waals surface area (Å²) in [4.78, 5) is 2.43. The molecule has 0 radical (unpaired) electrons. The van der Waals surface area contributed by atoms with Crippen molar-refractivity contribution in [2.45, 2.75) is 12.8 Å². The summed E-state index contributed by atoms with van der Waals surface area (Å²) in [6, 6.07) is 10.5. The normalized spacial score (nSPS) is 21.4. The van der Waals surface area contributed by atoms with Gasteiger partial charge in [-0.1, -0.05) is 18.2 Å². The van der Waals surface area contributed by atoms with Gasteiger partial charge in [0, 0.05) is 18.8 Å². The largest absolute Gasteiger partial charge is 0.396 e. The fourth-order valence-corrected chi connectivity index (χ4v) is 2.54. The van der Waals surface area contributed by atoms with Crippen molar-refractivity contribution in [3.05, 3.63) is 30.3 Å². The molecule has 2 fully saturated rings. The molecular weight excluding hydrogens is 226 g/mol. The summed E-state index contributed by atoms with van der Waals surface area (Å²) in [7, 11) is 0. The van der Waals surface area contributed by atoms with Crippen LogP contribution in [0.25, 0.3) is 0 Å². The van der Waals surface area contributed by atoms with Crippen LogP contribution in [0.1, 0.15) is 12.8 Å². The Morgan fingerprint density at radius 3 is 2.44 bits per heavy atom. The van der Waals surface area contributed by atoms with Crippen LogP contribution < -0.4 is 4.90 Å². The molecule has 1 aliphatic heterocycles. The number of rotatable bonds is 6. The zero-order chi connectivity index (χ0) is 12.4. The SMILES string of the molecule is OCC1(CN(CC2CC2)c2ccccc2)COC1. The quantitative estimate of drug-likeness (QED) is 0.833. The first-order valence-corrected chi connectivity index (χ1v) is 6.80. The van der Waals surface area contributed by atoms with Gasteiger partial charge in [0.1, 0.15) is 0 Å². The van der Waals surface area contributed by atoms with Crippen molar-refractivity contribution in [2.75, 3.05) is 37.8 Å². The molecule has 1 saturated heterocycles. The summed E-state index contributed by atoms with van der Waals surface area (Å²) in [5.41, 5.74) is 1.23. The van der Waals surface area contributed by atoms with Gasteiger partial charge < -0.3 is 14.7 Å². The molecule has 0 atom stereocenters. The van der Waals surface area contributed by atoms with Gasteiger partial charge in [0.15, 0.2) is 0 Å². The van der Waals surface area contributed by atoms with E-state index in [1.54, 1.807) is 0 Å². The van der Waals surface area contributed by atoms with Crippen LogP contribution in [-0.4, -0.2) is 38.0 Å². The van der Waals surface area contributed by atoms with Crippen molar-refractivity contribution in [2.24, 2.45) is 11.3 Å². The minimum Gasteiger partial charge on any atom is -0.396 e. The average molecular weight is 247 g/mol. The summed E-state index contributed by atoms with van der Waals surface area (Å²) < 4.78 is 5.30. The highest BCUT2D eigenvalue weighted by Crippen LogP contribution is 2.35. The van der Waals surface area contributed by atoms with Crippen LogP contribution in [0.3, 0.4) is 0 Å². The molecule has 0 bridgehead atoms. The topological polar surface area (TPSA) is 32.7 Å². The van der Waals surface area contributed by atoms with Crippen molar-refractivity contribution < 1.29 is 9.84 Å². The predicted octanol–water partition coefficient (Wildman–Crippen LogP) is 1.91. The molecule has 1 saturated carbocycles. The standard InChI is InChI=1S/C15H21NO2/c17-10-15(11-18-12-15)9-16(8-13-6-7-13)14-4-2-1-3-5-14/h1-5,13,17H,6-12H2. The van der Waals surface area contributed by atoms with E-state index in [1.165, 1.54) is 18.5 Å². The maximum absolute atomic E-state index is 9.58. The Morgan fingerprint density at radius 1 is 1.22 bits per heavy atom. The molecule has 1 aliphatic carbocycles. The van der Waals surface area contributed by atoms with Gasteiger partial charge in [0.05, 0.1) is 25.2 Å². The second kappa shape index (κ2) is 4.90. The Balaban J connectivity index is 1.72. The molecule has 1 heterocycles. The van der Waals surface area contributed by atoms with Crippen molar-refractivity contribution >= 4 is 5.69 Å². The molecule has 2 aliphatic rings. The molecule has 3 rings (SSSR count). The van der Waals surface area contributed by atoms with E-state index in [1.807, 2.05) is 6.07 Å². The Bertz CT molecular complexity index is 379. The molecular formula is C15H21NO2. The van der Waals surface area contributed by atoms with E-state index in [4.69, 9.17) is 4.74 Å². The smallest absolute Gasteiger partial charge is 0.0584 e. The molecule has 1 aromatic carbocycles. The number of anilines is 1. The second-order valence-corrected chi connectivity index (χ2v) is 5.81. The highest BCUT2D eigenvalue weighted by Gasteiger charge is 2.40. The van der Waals surface area contributed by atoms with Crippen molar-refractivity contribution in [3.8, 4) is 0 Å². The third kappa shape index (κ3) is 2.52. The lowest BCUT2D eigenvalue weighted by molar-refractivity contribution is -0.131. The van der Waals surface area contributed by atoms with Gasteiger partial charge >= 0.3 is 0 Å². The highest BCUT2D eigenvalue weighted by molar-refractivity contribution is 5.46. The first-order valence-electron chi connectivity index (χ1n) is 6.80. The monoisotopic (exact) mass is 247 g/mol. The van der Waals surface area contributed by atoms with Crippen LogP contribution in [0.4, 0.5) is 5.69 Å². The third-order valence-electron chi connectivity index (χ3n) is 3.98. The fourth-order valence-electron chi connectivity index (χ4n) is 2.54. The summed E-state index contributed by atoms with van der Waals surface area (Å²) in [6.45, 7) is 3.63. The summed E-state index contributed by atoms with van der Waals surface area (Å²) in [5, 5.41) is 9.58. The van der Waals surface area contributed by atoms with E-state index in [-0.39, 0.29) is 12.0 Å². The minimum absolute atomic E-state index is 0.0370. The Kier molecular flexibility index (Phi) is 3.27. The van der Waals surface area contributed by atoms with Crippen LogP contribution >= 0.6 is 0 Å². The molecule has 3 nitrogen and oxygen atoms in total. The first kappa shape index (κ1) is 12.0. The van der Waals surface area contributed by atoms with E-state index in [0.29, 0.717) is 13.2 Å². The van der Waals surface area contributed by atoms with Crippen LogP contribution in [0.2, 0.25) is 0 Å². The third-order valence-corrected chi connectivity index (χ3v) is 3.98. The van der Waals surface area contributed by atoms with Crippen LogP contribution in [0.5, 0.6) is 0 Å². The lowest BCUT2D eigenvalue weighted by atomic mass is 9.86. The van der Waals surface area contributed by atoms with Gasteiger partial charge in [0.2, 0.25) is 0 Å². The Labute approximate surface area is 108 Å². The van der Waals surface area contributed by atoms with Crippen LogP contribution in [0.15, 0.2) is 30.3 Å². The van der Waals surface area contributed by atoms with Crippen LogP contribution in [-0.2, 0) is 4.74 Å². The number of hydrogen-bond acceptors (Lipinski definition) is 3. The second-order valence-electron chi connectivity index (χ2n) is 5.81. The Hall–Kier alpha value is -1.06. The lowest BCUT2D eigenvalue weighted by Gasteiger charge is -2.44. The number of benzene rings is 1. The van der Waals surface area contributed by atoms with Crippen molar-refractivity contribution in [1.29, 1.82) is 0 Å². The highest BCUT2D eigenvalue weighted by atomic mass is 16.5. The Morgan fingerprint density at radius 2 is 1.94 bits per heavy atom. The number of nitrogens with zero attached hydrogens (tertiary/aromatic N) is 1. The number of para-hydroxylation sites is 1. The maximum atomic E-state index is 9.58. The van der Waals surface area contributed by atoms with Gasteiger partial charge in [-0.3, -0.25) is 0 Å². The van der Waals surface area contributed by atoms with Gasteiger partial charge in [-0.25, -0.2) is 0 Å². The van der Waals surface area contributed by atoms with E-state index in [2.05, 4.69) is 29.2 Å². The van der Waals surface area contributed by atoms with E-state index < -0.39 is 0 Å². The van der Waals surface area contributed by atoms with E-state index >= 15 is 0 Å². The minimum atomic E-state index is -0.0370. The van der Waals surface area contributed by atoms with Crippen LogP contribution in [0, 0.1) is 11.3 Å². The molecule has 3 heteroatoms. The number of hydrogen-bond donors (Lipinski definition) is 1. The molecule has 0 amide bonds. The van der Waals surface area contributed by atoms with E-state index in [0.717, 1.165) is 19.0 Å². The number of aliphatic hydroxyl groups excluding tert-OH is 1. The summed E-state index contributed by atoms with van der Waals surface area (Å²) in [5.74, 6) is 0.849. The van der Waals surface area contributed by atoms with Gasteiger partial charge in [-0.05, 0) is 30.9 Å². The zero-order valence-corrected chi connectivity index (χ0v) is 10.7. The van der Waals surface area contributed by atoms with Crippen molar-refractivity contribution in [1.82, 2.24) is 0 Å². The zero-order valence-electron chi connectivity index (χ0n) is 10.7. The predicted molar refractivity (Wildman–Crippen MR) is 71.7 cm³/mol.